The second-order valence-electron chi connectivity index (χ2n) is 6.40. The number of likely N-dealkylation sites (N-methyl/N-ethyl adjacent to an activating group) is 1. The van der Waals surface area contributed by atoms with Gasteiger partial charge in [-0.1, -0.05) is 48.0 Å². The highest BCUT2D eigenvalue weighted by Gasteiger charge is 2.18. The number of aryl methyl sites for hydroxylation is 1. The lowest BCUT2D eigenvalue weighted by Gasteiger charge is -2.21. The molecule has 142 valence electrons. The smallest absolute Gasteiger partial charge is 0.244 e. The Bertz CT molecular complexity index is 770. The van der Waals surface area contributed by atoms with Crippen molar-refractivity contribution in [1.29, 1.82) is 0 Å². The number of rotatable bonds is 8. The van der Waals surface area contributed by atoms with Gasteiger partial charge in [0.05, 0.1) is 6.54 Å². The summed E-state index contributed by atoms with van der Waals surface area (Å²) in [7, 11) is 1.70. The van der Waals surface area contributed by atoms with E-state index in [1.54, 1.807) is 24.9 Å². The van der Waals surface area contributed by atoms with Crippen LogP contribution in [-0.4, -0.2) is 43.0 Å². The van der Waals surface area contributed by atoms with Crippen molar-refractivity contribution in [2.45, 2.75) is 19.9 Å². The van der Waals surface area contributed by atoms with Crippen LogP contribution in [0.25, 0.3) is 6.08 Å². The van der Waals surface area contributed by atoms with Crippen molar-refractivity contribution in [3.05, 3.63) is 71.8 Å². The molecule has 1 atom stereocenters. The Balaban J connectivity index is 1.75. The fourth-order valence-corrected chi connectivity index (χ4v) is 2.43. The summed E-state index contributed by atoms with van der Waals surface area (Å²) < 4.78 is 5.64. The second-order valence-corrected chi connectivity index (χ2v) is 6.40. The van der Waals surface area contributed by atoms with E-state index in [4.69, 9.17) is 4.74 Å². The summed E-state index contributed by atoms with van der Waals surface area (Å²) >= 11 is 0. The van der Waals surface area contributed by atoms with Crippen molar-refractivity contribution >= 4 is 17.9 Å². The molecule has 0 aliphatic rings. The summed E-state index contributed by atoms with van der Waals surface area (Å²) in [5.74, 6) is 0.307. The van der Waals surface area contributed by atoms with E-state index in [2.05, 4.69) is 5.32 Å². The average molecular weight is 366 g/mol. The molecule has 1 N–H and O–H groups in total. The van der Waals surface area contributed by atoms with Gasteiger partial charge in [-0.15, -0.1) is 0 Å². The van der Waals surface area contributed by atoms with Crippen LogP contribution >= 0.6 is 0 Å². The molecule has 0 fully saturated rings. The summed E-state index contributed by atoms with van der Waals surface area (Å²) in [6.07, 6.45) is 3.14. The molecule has 5 nitrogen and oxygen atoms in total. The van der Waals surface area contributed by atoms with Crippen LogP contribution in [0.5, 0.6) is 5.75 Å². The van der Waals surface area contributed by atoms with Gasteiger partial charge in [0.2, 0.25) is 11.8 Å². The molecule has 0 bridgehead atoms. The summed E-state index contributed by atoms with van der Waals surface area (Å²) in [6, 6.07) is 16.7. The number of nitrogens with zero attached hydrogens (tertiary/aromatic N) is 1. The first-order valence-electron chi connectivity index (χ1n) is 8.94. The fraction of sp³-hybridized carbons (Fsp3) is 0.273. The zero-order valence-corrected chi connectivity index (χ0v) is 16.0. The van der Waals surface area contributed by atoms with E-state index in [9.17, 15) is 9.59 Å². The predicted octanol–water partition coefficient (Wildman–Crippen LogP) is 3.05. The molecule has 0 aromatic heterocycles. The van der Waals surface area contributed by atoms with Gasteiger partial charge in [0, 0.05) is 13.1 Å². The summed E-state index contributed by atoms with van der Waals surface area (Å²) in [4.78, 5) is 25.9. The molecule has 2 aromatic carbocycles. The Morgan fingerprint density at radius 1 is 1.11 bits per heavy atom. The minimum Gasteiger partial charge on any atom is -0.492 e. The Kier molecular flexibility index (Phi) is 7.62. The molecule has 0 heterocycles. The van der Waals surface area contributed by atoms with E-state index in [1.807, 2.05) is 61.5 Å². The van der Waals surface area contributed by atoms with E-state index in [1.165, 1.54) is 11.6 Å². The number of ether oxygens (including phenoxy) is 1. The van der Waals surface area contributed by atoms with Crippen LogP contribution in [-0.2, 0) is 9.59 Å². The SMILES string of the molecule is Cc1ccc(OCCN(C)C(=O)C(C)NC(=O)/C=C/c2ccccc2)cc1. The molecule has 0 spiro atoms. The molecule has 2 amide bonds. The van der Waals surface area contributed by atoms with Crippen molar-refractivity contribution in [1.82, 2.24) is 10.2 Å². The van der Waals surface area contributed by atoms with Crippen LogP contribution in [0.1, 0.15) is 18.1 Å². The topological polar surface area (TPSA) is 58.6 Å². The van der Waals surface area contributed by atoms with Crippen LogP contribution < -0.4 is 10.1 Å². The van der Waals surface area contributed by atoms with Crippen molar-refractivity contribution in [2.75, 3.05) is 20.2 Å². The van der Waals surface area contributed by atoms with Gasteiger partial charge in [0.1, 0.15) is 18.4 Å². The molecule has 0 saturated carbocycles. The lowest BCUT2D eigenvalue weighted by molar-refractivity contribution is -0.134. The lowest BCUT2D eigenvalue weighted by atomic mass is 10.2. The number of hydrogen-bond acceptors (Lipinski definition) is 3. The van der Waals surface area contributed by atoms with E-state index in [0.29, 0.717) is 13.2 Å². The zero-order chi connectivity index (χ0) is 19.6. The van der Waals surface area contributed by atoms with Gasteiger partial charge < -0.3 is 15.0 Å². The Hall–Kier alpha value is -3.08. The zero-order valence-electron chi connectivity index (χ0n) is 16.0. The van der Waals surface area contributed by atoms with Crippen molar-refractivity contribution in [2.24, 2.45) is 0 Å². The number of carbonyl (C=O) groups is 2. The third-order valence-electron chi connectivity index (χ3n) is 4.05. The first kappa shape index (κ1) is 20.2. The quantitative estimate of drug-likeness (QED) is 0.731. The fourth-order valence-electron chi connectivity index (χ4n) is 2.43. The average Bonchev–Trinajstić information content (AvgIpc) is 2.68. The highest BCUT2D eigenvalue weighted by molar-refractivity contribution is 5.95. The van der Waals surface area contributed by atoms with Crippen LogP contribution in [0.3, 0.4) is 0 Å². The largest absolute Gasteiger partial charge is 0.492 e. The molecular formula is C22H26N2O3. The van der Waals surface area contributed by atoms with Gasteiger partial charge in [-0.3, -0.25) is 9.59 Å². The van der Waals surface area contributed by atoms with Crippen molar-refractivity contribution < 1.29 is 14.3 Å². The Labute approximate surface area is 160 Å². The van der Waals surface area contributed by atoms with E-state index < -0.39 is 6.04 Å². The van der Waals surface area contributed by atoms with Gasteiger partial charge >= 0.3 is 0 Å². The maximum absolute atomic E-state index is 12.4. The van der Waals surface area contributed by atoms with E-state index in [-0.39, 0.29) is 11.8 Å². The minimum atomic E-state index is -0.609. The van der Waals surface area contributed by atoms with Crippen LogP contribution in [0.2, 0.25) is 0 Å². The molecule has 1 unspecified atom stereocenters. The molecule has 0 saturated heterocycles. The molecule has 0 aliphatic carbocycles. The maximum Gasteiger partial charge on any atom is 0.244 e. The van der Waals surface area contributed by atoms with Crippen LogP contribution in [0, 0.1) is 6.92 Å². The molecule has 0 aliphatic heterocycles. The van der Waals surface area contributed by atoms with Crippen LogP contribution in [0.4, 0.5) is 0 Å². The van der Waals surface area contributed by atoms with Crippen molar-refractivity contribution in [3.8, 4) is 5.75 Å². The summed E-state index contributed by atoms with van der Waals surface area (Å²) in [5.41, 5.74) is 2.09. The lowest BCUT2D eigenvalue weighted by Crippen LogP contribution is -2.46. The predicted molar refractivity (Wildman–Crippen MR) is 107 cm³/mol. The molecule has 2 rings (SSSR count). The molecule has 5 heteroatoms. The van der Waals surface area contributed by atoms with Crippen LogP contribution in [0.15, 0.2) is 60.7 Å². The highest BCUT2D eigenvalue weighted by Crippen LogP contribution is 2.11. The standard InChI is InChI=1S/C22H26N2O3/c1-17-9-12-20(13-10-17)27-16-15-24(3)22(26)18(2)23-21(25)14-11-19-7-5-4-6-8-19/h4-14,18H,15-16H2,1-3H3,(H,23,25)/b14-11+. The normalized spacial score (nSPS) is 11.8. The number of hydrogen-bond donors (Lipinski definition) is 1. The Morgan fingerprint density at radius 2 is 1.78 bits per heavy atom. The third-order valence-corrected chi connectivity index (χ3v) is 4.05. The van der Waals surface area contributed by atoms with Gasteiger partial charge in [-0.05, 0) is 37.6 Å². The third kappa shape index (κ3) is 6.98. The number of benzene rings is 2. The van der Waals surface area contributed by atoms with E-state index in [0.717, 1.165) is 11.3 Å². The summed E-state index contributed by atoms with van der Waals surface area (Å²) in [5, 5.41) is 2.69. The van der Waals surface area contributed by atoms with Gasteiger partial charge in [0.15, 0.2) is 0 Å². The number of nitrogens with one attached hydrogen (secondary N) is 1. The minimum absolute atomic E-state index is 0.163. The molecular weight excluding hydrogens is 340 g/mol. The maximum atomic E-state index is 12.4. The molecule has 27 heavy (non-hydrogen) atoms. The van der Waals surface area contributed by atoms with Gasteiger partial charge in [-0.2, -0.15) is 0 Å². The molecule has 2 aromatic rings. The monoisotopic (exact) mass is 366 g/mol. The number of amides is 2. The Morgan fingerprint density at radius 3 is 2.44 bits per heavy atom. The highest BCUT2D eigenvalue weighted by atomic mass is 16.5. The first-order chi connectivity index (χ1) is 13.0. The van der Waals surface area contributed by atoms with Gasteiger partial charge in [-0.25, -0.2) is 0 Å². The second kappa shape index (κ2) is 10.2. The molecule has 0 radical (unpaired) electrons. The van der Waals surface area contributed by atoms with Crippen molar-refractivity contribution in [3.63, 3.8) is 0 Å². The number of carbonyl (C=O) groups excluding carboxylic acids is 2. The summed E-state index contributed by atoms with van der Waals surface area (Å²) in [6.45, 7) is 4.52. The first-order valence-corrected chi connectivity index (χ1v) is 8.94. The van der Waals surface area contributed by atoms with E-state index >= 15 is 0 Å². The van der Waals surface area contributed by atoms with Gasteiger partial charge in [0.25, 0.3) is 0 Å².